The fraction of sp³-hybridized carbons (Fsp3) is 0.467. The molecule has 20 heavy (non-hydrogen) atoms. The maximum atomic E-state index is 4.32. The standard InChI is InChI=1S/C15H21N5/c1-13-12-17-20(18-13)15-4-2-14(3-5-15)6-9-19-10-7-16-8-11-19/h2-5,12,16H,6-11H2,1H3. The van der Waals surface area contributed by atoms with Crippen molar-refractivity contribution in [3.8, 4) is 5.69 Å². The van der Waals surface area contributed by atoms with Gasteiger partial charge in [0.2, 0.25) is 0 Å². The van der Waals surface area contributed by atoms with Crippen LogP contribution in [0.3, 0.4) is 0 Å². The molecule has 1 aliphatic rings. The van der Waals surface area contributed by atoms with Gasteiger partial charge in [0, 0.05) is 32.7 Å². The maximum Gasteiger partial charge on any atom is 0.0856 e. The van der Waals surface area contributed by atoms with Crippen molar-refractivity contribution in [2.45, 2.75) is 13.3 Å². The summed E-state index contributed by atoms with van der Waals surface area (Å²) in [7, 11) is 0. The van der Waals surface area contributed by atoms with Gasteiger partial charge in [-0.05, 0) is 31.0 Å². The molecule has 0 aliphatic carbocycles. The number of hydrogen-bond acceptors (Lipinski definition) is 4. The molecule has 3 rings (SSSR count). The molecule has 1 N–H and O–H groups in total. The van der Waals surface area contributed by atoms with Crippen LogP contribution in [0.25, 0.3) is 5.69 Å². The van der Waals surface area contributed by atoms with E-state index in [-0.39, 0.29) is 0 Å². The largest absolute Gasteiger partial charge is 0.314 e. The summed E-state index contributed by atoms with van der Waals surface area (Å²) >= 11 is 0. The topological polar surface area (TPSA) is 46.0 Å². The highest BCUT2D eigenvalue weighted by Crippen LogP contribution is 2.09. The van der Waals surface area contributed by atoms with Crippen LogP contribution in [0.15, 0.2) is 30.5 Å². The molecule has 1 aromatic carbocycles. The Kier molecular flexibility index (Phi) is 4.08. The lowest BCUT2D eigenvalue weighted by atomic mass is 10.1. The zero-order chi connectivity index (χ0) is 13.8. The van der Waals surface area contributed by atoms with Crippen molar-refractivity contribution >= 4 is 0 Å². The zero-order valence-corrected chi connectivity index (χ0v) is 11.9. The molecule has 0 unspecified atom stereocenters. The first-order valence-electron chi connectivity index (χ1n) is 7.22. The van der Waals surface area contributed by atoms with Gasteiger partial charge >= 0.3 is 0 Å². The Bertz CT molecular complexity index is 540. The number of benzene rings is 1. The average molecular weight is 271 g/mol. The van der Waals surface area contributed by atoms with E-state index in [0.717, 1.165) is 50.5 Å². The molecule has 0 atom stereocenters. The predicted octanol–water partition coefficient (Wildman–Crippen LogP) is 1.02. The van der Waals surface area contributed by atoms with Crippen LogP contribution < -0.4 is 5.32 Å². The molecule has 0 bridgehead atoms. The van der Waals surface area contributed by atoms with Crippen LogP contribution in [0.1, 0.15) is 11.3 Å². The minimum atomic E-state index is 0.938. The van der Waals surface area contributed by atoms with E-state index in [1.165, 1.54) is 5.56 Å². The Balaban J connectivity index is 1.58. The summed E-state index contributed by atoms with van der Waals surface area (Å²) in [6, 6.07) is 8.53. The summed E-state index contributed by atoms with van der Waals surface area (Å²) in [5.74, 6) is 0. The Labute approximate surface area is 119 Å². The lowest BCUT2D eigenvalue weighted by Gasteiger charge is -2.27. The molecular formula is C15H21N5. The van der Waals surface area contributed by atoms with E-state index < -0.39 is 0 Å². The SMILES string of the molecule is Cc1cnn(-c2ccc(CCN3CCNCC3)cc2)n1. The number of rotatable bonds is 4. The highest BCUT2D eigenvalue weighted by molar-refractivity contribution is 5.32. The molecule has 106 valence electrons. The van der Waals surface area contributed by atoms with E-state index in [9.17, 15) is 0 Å². The Morgan fingerprint density at radius 2 is 1.90 bits per heavy atom. The second-order valence-electron chi connectivity index (χ2n) is 5.28. The van der Waals surface area contributed by atoms with E-state index in [1.807, 2.05) is 6.92 Å². The Morgan fingerprint density at radius 1 is 1.15 bits per heavy atom. The summed E-state index contributed by atoms with van der Waals surface area (Å²) in [5, 5.41) is 11.9. The van der Waals surface area contributed by atoms with Crippen LogP contribution in [-0.4, -0.2) is 52.6 Å². The van der Waals surface area contributed by atoms with Crippen LogP contribution in [-0.2, 0) is 6.42 Å². The molecule has 0 spiro atoms. The number of hydrogen-bond donors (Lipinski definition) is 1. The van der Waals surface area contributed by atoms with Gasteiger partial charge in [-0.25, -0.2) is 0 Å². The van der Waals surface area contributed by atoms with Gasteiger partial charge in [-0.15, -0.1) is 0 Å². The summed E-state index contributed by atoms with van der Waals surface area (Å²) in [6.45, 7) is 7.64. The molecule has 1 aromatic heterocycles. The average Bonchev–Trinajstić information content (AvgIpc) is 2.93. The van der Waals surface area contributed by atoms with Gasteiger partial charge in [-0.2, -0.15) is 15.0 Å². The lowest BCUT2D eigenvalue weighted by molar-refractivity contribution is 0.244. The summed E-state index contributed by atoms with van der Waals surface area (Å²) < 4.78 is 0. The molecule has 0 saturated carbocycles. The van der Waals surface area contributed by atoms with Crippen molar-refractivity contribution < 1.29 is 0 Å². The van der Waals surface area contributed by atoms with Crippen LogP contribution in [0.5, 0.6) is 0 Å². The number of nitrogens with zero attached hydrogens (tertiary/aromatic N) is 4. The van der Waals surface area contributed by atoms with Crippen molar-refractivity contribution in [1.82, 2.24) is 25.2 Å². The van der Waals surface area contributed by atoms with Gasteiger partial charge < -0.3 is 10.2 Å². The van der Waals surface area contributed by atoms with Gasteiger partial charge in [0.05, 0.1) is 17.6 Å². The van der Waals surface area contributed by atoms with E-state index in [0.29, 0.717) is 0 Å². The van der Waals surface area contributed by atoms with Gasteiger partial charge in [-0.3, -0.25) is 0 Å². The van der Waals surface area contributed by atoms with Gasteiger partial charge in [0.15, 0.2) is 0 Å². The molecule has 2 heterocycles. The van der Waals surface area contributed by atoms with Crippen molar-refractivity contribution in [3.63, 3.8) is 0 Å². The first kappa shape index (κ1) is 13.3. The lowest BCUT2D eigenvalue weighted by Crippen LogP contribution is -2.44. The quantitative estimate of drug-likeness (QED) is 0.902. The number of piperazine rings is 1. The molecule has 0 amide bonds. The molecule has 1 saturated heterocycles. The van der Waals surface area contributed by atoms with Crippen LogP contribution in [0.2, 0.25) is 0 Å². The maximum absolute atomic E-state index is 4.32. The highest BCUT2D eigenvalue weighted by atomic mass is 15.5. The fourth-order valence-electron chi connectivity index (χ4n) is 2.48. The number of aromatic nitrogens is 3. The smallest absolute Gasteiger partial charge is 0.0856 e. The highest BCUT2D eigenvalue weighted by Gasteiger charge is 2.09. The van der Waals surface area contributed by atoms with E-state index in [4.69, 9.17) is 0 Å². The van der Waals surface area contributed by atoms with E-state index >= 15 is 0 Å². The third kappa shape index (κ3) is 3.23. The monoisotopic (exact) mass is 271 g/mol. The van der Waals surface area contributed by atoms with Gasteiger partial charge in [0.25, 0.3) is 0 Å². The minimum absolute atomic E-state index is 0.938. The normalized spacial score (nSPS) is 16.4. The zero-order valence-electron chi connectivity index (χ0n) is 11.9. The Morgan fingerprint density at radius 3 is 2.55 bits per heavy atom. The summed E-state index contributed by atoms with van der Waals surface area (Å²) in [4.78, 5) is 4.19. The first-order valence-corrected chi connectivity index (χ1v) is 7.22. The summed E-state index contributed by atoms with van der Waals surface area (Å²) in [6.07, 6.45) is 2.88. The molecular weight excluding hydrogens is 250 g/mol. The molecule has 5 nitrogen and oxygen atoms in total. The third-order valence-electron chi connectivity index (χ3n) is 3.70. The van der Waals surface area contributed by atoms with Crippen LogP contribution >= 0.6 is 0 Å². The molecule has 2 aromatic rings. The summed E-state index contributed by atoms with van der Waals surface area (Å²) in [5.41, 5.74) is 3.33. The second kappa shape index (κ2) is 6.15. The predicted molar refractivity (Wildman–Crippen MR) is 79.1 cm³/mol. The van der Waals surface area contributed by atoms with Crippen molar-refractivity contribution in [3.05, 3.63) is 41.7 Å². The fourth-order valence-corrected chi connectivity index (χ4v) is 2.48. The van der Waals surface area contributed by atoms with E-state index in [1.54, 1.807) is 11.0 Å². The van der Waals surface area contributed by atoms with Crippen molar-refractivity contribution in [1.29, 1.82) is 0 Å². The van der Waals surface area contributed by atoms with E-state index in [2.05, 4.69) is 44.7 Å². The molecule has 5 heteroatoms. The van der Waals surface area contributed by atoms with Crippen molar-refractivity contribution in [2.24, 2.45) is 0 Å². The second-order valence-corrected chi connectivity index (χ2v) is 5.28. The Hall–Kier alpha value is -1.72. The van der Waals surface area contributed by atoms with Crippen molar-refractivity contribution in [2.75, 3.05) is 32.7 Å². The molecule has 0 radical (unpaired) electrons. The van der Waals surface area contributed by atoms with Gasteiger partial charge in [0.1, 0.15) is 0 Å². The molecule has 1 fully saturated rings. The molecule has 1 aliphatic heterocycles. The van der Waals surface area contributed by atoms with Crippen LogP contribution in [0.4, 0.5) is 0 Å². The van der Waals surface area contributed by atoms with Gasteiger partial charge in [-0.1, -0.05) is 12.1 Å². The minimum Gasteiger partial charge on any atom is -0.314 e. The number of nitrogens with one attached hydrogen (secondary N) is 1. The number of aryl methyl sites for hydroxylation is 1. The van der Waals surface area contributed by atoms with Crippen LogP contribution in [0, 0.1) is 6.92 Å². The third-order valence-corrected chi connectivity index (χ3v) is 3.70. The first-order chi connectivity index (χ1) is 9.81.